The number of para-hydroxylation sites is 1. The zero-order valence-corrected chi connectivity index (χ0v) is 11.1. The Hall–Kier alpha value is -2.49. The zero-order chi connectivity index (χ0) is 14.1. The van der Waals surface area contributed by atoms with Gasteiger partial charge in [-0.25, -0.2) is 4.79 Å². The van der Waals surface area contributed by atoms with Gasteiger partial charge in [0.25, 0.3) is 0 Å². The van der Waals surface area contributed by atoms with Crippen molar-refractivity contribution in [1.82, 2.24) is 0 Å². The minimum atomic E-state index is -0.927. The number of anilines is 1. The quantitative estimate of drug-likeness (QED) is 0.898. The number of nitrogens with one attached hydrogen (secondary N) is 1. The Balaban J connectivity index is 1.92. The summed E-state index contributed by atoms with van der Waals surface area (Å²) < 4.78 is 5.60. The molecule has 0 aliphatic carbocycles. The van der Waals surface area contributed by atoms with E-state index >= 15 is 0 Å². The lowest BCUT2D eigenvalue weighted by molar-refractivity contribution is 0.0697. The standard InChI is InChI=1S/C16H15NO3/c1-10-6-7-13(12(8-10)16(18)19)17-14-9-20-15-5-3-2-4-11(14)15/h2-8,14,17H,9H2,1H3,(H,18,19). The van der Waals surface area contributed by atoms with Gasteiger partial charge in [-0.15, -0.1) is 0 Å². The first kappa shape index (κ1) is 12.5. The molecule has 4 nitrogen and oxygen atoms in total. The van der Waals surface area contributed by atoms with E-state index in [1.165, 1.54) is 0 Å². The third kappa shape index (κ3) is 2.20. The van der Waals surface area contributed by atoms with Gasteiger partial charge in [-0.2, -0.15) is 0 Å². The van der Waals surface area contributed by atoms with E-state index in [1.54, 1.807) is 12.1 Å². The number of carboxylic acid groups (broad SMARTS) is 1. The van der Waals surface area contributed by atoms with Crippen molar-refractivity contribution >= 4 is 11.7 Å². The maximum absolute atomic E-state index is 11.3. The molecule has 0 aromatic heterocycles. The van der Waals surface area contributed by atoms with Crippen LogP contribution in [0.15, 0.2) is 42.5 Å². The summed E-state index contributed by atoms with van der Waals surface area (Å²) in [6.07, 6.45) is 0. The van der Waals surface area contributed by atoms with Crippen LogP contribution in [0.4, 0.5) is 5.69 Å². The van der Waals surface area contributed by atoms with E-state index in [4.69, 9.17) is 4.74 Å². The summed E-state index contributed by atoms with van der Waals surface area (Å²) >= 11 is 0. The molecule has 0 saturated heterocycles. The number of benzene rings is 2. The Bertz CT molecular complexity index is 667. The lowest BCUT2D eigenvalue weighted by atomic mass is 10.1. The summed E-state index contributed by atoms with van der Waals surface area (Å²) in [5, 5.41) is 12.6. The van der Waals surface area contributed by atoms with Crippen LogP contribution in [0.2, 0.25) is 0 Å². The molecule has 2 aromatic carbocycles. The molecule has 0 spiro atoms. The number of hydrogen-bond acceptors (Lipinski definition) is 3. The van der Waals surface area contributed by atoms with Crippen molar-refractivity contribution in [3.05, 3.63) is 59.2 Å². The maximum atomic E-state index is 11.3. The maximum Gasteiger partial charge on any atom is 0.337 e. The van der Waals surface area contributed by atoms with E-state index in [2.05, 4.69) is 5.32 Å². The summed E-state index contributed by atoms with van der Waals surface area (Å²) in [6, 6.07) is 13.2. The molecule has 1 heterocycles. The molecule has 0 radical (unpaired) electrons. The van der Waals surface area contributed by atoms with Gasteiger partial charge in [0.1, 0.15) is 12.4 Å². The minimum absolute atomic E-state index is 0.0213. The van der Waals surface area contributed by atoms with Crippen LogP contribution in [0.1, 0.15) is 27.5 Å². The number of hydrogen-bond donors (Lipinski definition) is 2. The van der Waals surface area contributed by atoms with Crippen molar-refractivity contribution < 1.29 is 14.6 Å². The molecular weight excluding hydrogens is 254 g/mol. The molecule has 20 heavy (non-hydrogen) atoms. The number of fused-ring (bicyclic) bond motifs is 1. The Labute approximate surface area is 117 Å². The molecule has 0 fully saturated rings. The number of aromatic carboxylic acids is 1. The molecule has 2 N–H and O–H groups in total. The summed E-state index contributed by atoms with van der Waals surface area (Å²) in [7, 11) is 0. The molecule has 2 aromatic rings. The molecule has 4 heteroatoms. The minimum Gasteiger partial charge on any atom is -0.491 e. The van der Waals surface area contributed by atoms with Crippen LogP contribution in [0.5, 0.6) is 5.75 Å². The van der Waals surface area contributed by atoms with Gasteiger partial charge in [0.15, 0.2) is 0 Å². The Morgan fingerprint density at radius 2 is 2.10 bits per heavy atom. The van der Waals surface area contributed by atoms with E-state index in [0.717, 1.165) is 16.9 Å². The van der Waals surface area contributed by atoms with Gasteiger partial charge in [-0.3, -0.25) is 0 Å². The number of carboxylic acids is 1. The predicted molar refractivity (Wildman–Crippen MR) is 76.4 cm³/mol. The van der Waals surface area contributed by atoms with Crippen LogP contribution in [-0.4, -0.2) is 17.7 Å². The Morgan fingerprint density at radius 1 is 1.30 bits per heavy atom. The third-order valence-electron chi connectivity index (χ3n) is 3.44. The molecule has 1 atom stereocenters. The van der Waals surface area contributed by atoms with Crippen LogP contribution in [0, 0.1) is 6.92 Å². The second kappa shape index (κ2) is 4.89. The average Bonchev–Trinajstić information content (AvgIpc) is 2.84. The van der Waals surface area contributed by atoms with Crippen LogP contribution in [0.3, 0.4) is 0 Å². The topological polar surface area (TPSA) is 58.6 Å². The Kier molecular flexibility index (Phi) is 3.06. The molecule has 0 saturated carbocycles. The van der Waals surface area contributed by atoms with Gasteiger partial charge in [0, 0.05) is 11.3 Å². The lowest BCUT2D eigenvalue weighted by Crippen LogP contribution is -2.14. The number of ether oxygens (including phenoxy) is 1. The highest BCUT2D eigenvalue weighted by molar-refractivity contribution is 5.94. The molecule has 1 unspecified atom stereocenters. The normalized spacial score (nSPS) is 16.4. The van der Waals surface area contributed by atoms with E-state index in [-0.39, 0.29) is 11.6 Å². The van der Waals surface area contributed by atoms with Gasteiger partial charge in [-0.05, 0) is 25.1 Å². The molecule has 102 valence electrons. The van der Waals surface area contributed by atoms with E-state index in [9.17, 15) is 9.90 Å². The van der Waals surface area contributed by atoms with Crippen molar-refractivity contribution in [3.63, 3.8) is 0 Å². The van der Waals surface area contributed by atoms with Crippen LogP contribution < -0.4 is 10.1 Å². The first-order valence-corrected chi connectivity index (χ1v) is 6.47. The van der Waals surface area contributed by atoms with Crippen molar-refractivity contribution in [3.8, 4) is 5.75 Å². The first-order chi connectivity index (χ1) is 9.65. The fraction of sp³-hybridized carbons (Fsp3) is 0.188. The monoisotopic (exact) mass is 269 g/mol. The molecule has 0 bridgehead atoms. The van der Waals surface area contributed by atoms with E-state index in [1.807, 2.05) is 37.3 Å². The SMILES string of the molecule is Cc1ccc(NC2COc3ccccc32)c(C(=O)O)c1. The van der Waals surface area contributed by atoms with Crippen molar-refractivity contribution in [2.75, 3.05) is 11.9 Å². The molecule has 0 amide bonds. The predicted octanol–water partition coefficient (Wildman–Crippen LogP) is 3.24. The number of rotatable bonds is 3. The fourth-order valence-corrected chi connectivity index (χ4v) is 2.43. The third-order valence-corrected chi connectivity index (χ3v) is 3.44. The van der Waals surface area contributed by atoms with Crippen LogP contribution in [-0.2, 0) is 0 Å². The van der Waals surface area contributed by atoms with Gasteiger partial charge in [-0.1, -0.05) is 29.8 Å². The summed E-state index contributed by atoms with van der Waals surface area (Å²) in [5.41, 5.74) is 2.89. The molecule has 1 aliphatic heterocycles. The Morgan fingerprint density at radius 3 is 2.90 bits per heavy atom. The van der Waals surface area contributed by atoms with Crippen molar-refractivity contribution in [1.29, 1.82) is 0 Å². The summed E-state index contributed by atoms with van der Waals surface area (Å²) in [5.74, 6) is -0.0719. The van der Waals surface area contributed by atoms with Crippen LogP contribution in [0.25, 0.3) is 0 Å². The van der Waals surface area contributed by atoms with Gasteiger partial charge in [0.2, 0.25) is 0 Å². The highest BCUT2D eigenvalue weighted by Gasteiger charge is 2.24. The van der Waals surface area contributed by atoms with Gasteiger partial charge < -0.3 is 15.2 Å². The first-order valence-electron chi connectivity index (χ1n) is 6.47. The van der Waals surface area contributed by atoms with E-state index < -0.39 is 5.97 Å². The largest absolute Gasteiger partial charge is 0.491 e. The second-order valence-electron chi connectivity index (χ2n) is 4.90. The number of carbonyl (C=O) groups is 1. The zero-order valence-electron chi connectivity index (χ0n) is 11.1. The summed E-state index contributed by atoms with van der Waals surface area (Å²) in [6.45, 7) is 2.39. The number of aryl methyl sites for hydroxylation is 1. The summed E-state index contributed by atoms with van der Waals surface area (Å²) in [4.78, 5) is 11.3. The van der Waals surface area contributed by atoms with Crippen LogP contribution >= 0.6 is 0 Å². The molecule has 1 aliphatic rings. The van der Waals surface area contributed by atoms with Gasteiger partial charge >= 0.3 is 5.97 Å². The highest BCUT2D eigenvalue weighted by atomic mass is 16.5. The highest BCUT2D eigenvalue weighted by Crippen LogP contribution is 2.34. The van der Waals surface area contributed by atoms with Gasteiger partial charge in [0.05, 0.1) is 11.6 Å². The smallest absolute Gasteiger partial charge is 0.337 e. The van der Waals surface area contributed by atoms with Crippen molar-refractivity contribution in [2.24, 2.45) is 0 Å². The van der Waals surface area contributed by atoms with E-state index in [0.29, 0.717) is 12.3 Å². The second-order valence-corrected chi connectivity index (χ2v) is 4.90. The molecular formula is C16H15NO3. The lowest BCUT2D eigenvalue weighted by Gasteiger charge is -2.15. The average molecular weight is 269 g/mol. The molecule has 3 rings (SSSR count). The van der Waals surface area contributed by atoms with Crippen molar-refractivity contribution in [2.45, 2.75) is 13.0 Å². The fourth-order valence-electron chi connectivity index (χ4n) is 2.43.